The molecule has 168 valence electrons. The predicted molar refractivity (Wildman–Crippen MR) is 124 cm³/mol. The van der Waals surface area contributed by atoms with E-state index in [-0.39, 0.29) is 29.9 Å². The van der Waals surface area contributed by atoms with Gasteiger partial charge < -0.3 is 10.2 Å². The van der Waals surface area contributed by atoms with Crippen molar-refractivity contribution >= 4 is 33.0 Å². The number of carbonyl (C=O) groups is 2. The summed E-state index contributed by atoms with van der Waals surface area (Å²) in [6, 6.07) is 12.9. The van der Waals surface area contributed by atoms with E-state index in [4.69, 9.17) is 0 Å². The zero-order chi connectivity index (χ0) is 22.7. The summed E-state index contributed by atoms with van der Waals surface area (Å²) in [5.41, 5.74) is 1.80. The highest BCUT2D eigenvalue weighted by atomic mass is 32.2. The van der Waals surface area contributed by atoms with Crippen LogP contribution in [0.25, 0.3) is 16.3 Å². The summed E-state index contributed by atoms with van der Waals surface area (Å²) in [5, 5.41) is 9.32. The summed E-state index contributed by atoms with van der Waals surface area (Å²) >= 11 is 1.49. The van der Waals surface area contributed by atoms with Gasteiger partial charge in [0.1, 0.15) is 5.69 Å². The van der Waals surface area contributed by atoms with Crippen LogP contribution in [0.1, 0.15) is 23.7 Å². The van der Waals surface area contributed by atoms with Gasteiger partial charge in [0, 0.05) is 18.8 Å². The van der Waals surface area contributed by atoms with Crippen LogP contribution < -0.4 is 5.32 Å². The Morgan fingerprint density at radius 1 is 1.22 bits per heavy atom. The molecule has 1 saturated heterocycles. The fraction of sp³-hybridized carbons (Fsp3) is 0.318. The SMILES string of the molecule is CCN(CC(=O)NC1CCS(=O)(=O)C1)C(=O)c1cn(-c2ccccc2)nc1-c1cccs1. The van der Waals surface area contributed by atoms with Crippen molar-refractivity contribution in [3.8, 4) is 16.3 Å². The van der Waals surface area contributed by atoms with E-state index in [0.717, 1.165) is 10.6 Å². The molecule has 0 saturated carbocycles. The number of likely N-dealkylation sites (N-methyl/N-ethyl adjacent to an activating group) is 1. The van der Waals surface area contributed by atoms with Crippen molar-refractivity contribution in [3.63, 3.8) is 0 Å². The molecule has 8 nitrogen and oxygen atoms in total. The number of benzene rings is 1. The second kappa shape index (κ2) is 9.25. The quantitative estimate of drug-likeness (QED) is 0.569. The Balaban J connectivity index is 1.56. The van der Waals surface area contributed by atoms with E-state index >= 15 is 0 Å². The normalized spacial score (nSPS) is 17.2. The molecule has 1 fully saturated rings. The number of carbonyl (C=O) groups excluding carboxylic acids is 2. The van der Waals surface area contributed by atoms with Crippen molar-refractivity contribution < 1.29 is 18.0 Å². The molecule has 0 aliphatic carbocycles. The standard InChI is InChI=1S/C22H24N4O4S2/c1-2-25(14-20(27)23-16-10-12-32(29,30)15-16)22(28)18-13-26(17-7-4-3-5-8-17)24-21(18)19-9-6-11-31-19/h3-9,11,13,16H,2,10,12,14-15H2,1H3,(H,23,27). The number of sulfone groups is 1. The Bertz CT molecular complexity index is 1200. The van der Waals surface area contributed by atoms with Gasteiger partial charge in [0.2, 0.25) is 5.91 Å². The lowest BCUT2D eigenvalue weighted by Crippen LogP contribution is -2.44. The second-order valence-corrected chi connectivity index (χ2v) is 10.8. The average Bonchev–Trinajstić information content (AvgIpc) is 3.51. The predicted octanol–water partition coefficient (Wildman–Crippen LogP) is 2.37. The van der Waals surface area contributed by atoms with E-state index in [2.05, 4.69) is 10.4 Å². The van der Waals surface area contributed by atoms with Crippen LogP contribution in [0.3, 0.4) is 0 Å². The molecule has 3 heterocycles. The molecule has 1 unspecified atom stereocenters. The molecule has 0 radical (unpaired) electrons. The monoisotopic (exact) mass is 472 g/mol. The number of hydrogen-bond acceptors (Lipinski definition) is 6. The highest BCUT2D eigenvalue weighted by Gasteiger charge is 2.30. The maximum absolute atomic E-state index is 13.4. The van der Waals surface area contributed by atoms with E-state index in [1.165, 1.54) is 16.2 Å². The minimum absolute atomic E-state index is 0.0504. The first-order valence-electron chi connectivity index (χ1n) is 10.3. The maximum Gasteiger partial charge on any atom is 0.258 e. The smallest absolute Gasteiger partial charge is 0.258 e. The average molecular weight is 473 g/mol. The molecule has 4 rings (SSSR count). The number of thiophene rings is 1. The zero-order valence-electron chi connectivity index (χ0n) is 17.6. The highest BCUT2D eigenvalue weighted by Crippen LogP contribution is 2.28. The number of nitrogens with one attached hydrogen (secondary N) is 1. The first-order valence-corrected chi connectivity index (χ1v) is 13.0. The minimum atomic E-state index is -3.09. The van der Waals surface area contributed by atoms with E-state index in [1.807, 2.05) is 47.8 Å². The van der Waals surface area contributed by atoms with E-state index in [9.17, 15) is 18.0 Å². The van der Waals surface area contributed by atoms with Crippen LogP contribution in [0.5, 0.6) is 0 Å². The van der Waals surface area contributed by atoms with Gasteiger partial charge in [0.25, 0.3) is 5.91 Å². The lowest BCUT2D eigenvalue weighted by molar-refractivity contribution is -0.122. The topological polar surface area (TPSA) is 101 Å². The van der Waals surface area contributed by atoms with Gasteiger partial charge in [-0.2, -0.15) is 5.10 Å². The van der Waals surface area contributed by atoms with Crippen LogP contribution >= 0.6 is 11.3 Å². The molecular formula is C22H24N4O4S2. The van der Waals surface area contributed by atoms with Crippen LogP contribution in [0, 0.1) is 0 Å². The van der Waals surface area contributed by atoms with E-state index in [0.29, 0.717) is 24.2 Å². The van der Waals surface area contributed by atoms with Gasteiger partial charge >= 0.3 is 0 Å². The lowest BCUT2D eigenvalue weighted by atomic mass is 10.2. The summed E-state index contributed by atoms with van der Waals surface area (Å²) in [6.45, 7) is 1.99. The van der Waals surface area contributed by atoms with Gasteiger partial charge in [0.05, 0.1) is 34.2 Å². The fourth-order valence-electron chi connectivity index (χ4n) is 3.69. The zero-order valence-corrected chi connectivity index (χ0v) is 19.2. The van der Waals surface area contributed by atoms with Crippen molar-refractivity contribution in [2.75, 3.05) is 24.6 Å². The molecule has 1 aromatic carbocycles. The maximum atomic E-state index is 13.4. The molecule has 0 spiro atoms. The van der Waals surface area contributed by atoms with Gasteiger partial charge in [0.15, 0.2) is 9.84 Å². The molecule has 1 aliphatic heterocycles. The third-order valence-electron chi connectivity index (χ3n) is 5.32. The second-order valence-electron chi connectivity index (χ2n) is 7.64. The number of amides is 2. The van der Waals surface area contributed by atoms with Crippen LogP contribution in [0.15, 0.2) is 54.0 Å². The van der Waals surface area contributed by atoms with E-state index in [1.54, 1.807) is 17.8 Å². The molecular weight excluding hydrogens is 448 g/mol. The number of aromatic nitrogens is 2. The summed E-state index contributed by atoms with van der Waals surface area (Å²) < 4.78 is 24.9. The molecule has 32 heavy (non-hydrogen) atoms. The van der Waals surface area contributed by atoms with E-state index < -0.39 is 15.9 Å². The Hall–Kier alpha value is -2.98. The molecule has 2 aromatic heterocycles. The van der Waals surface area contributed by atoms with Gasteiger partial charge in [-0.1, -0.05) is 24.3 Å². The van der Waals surface area contributed by atoms with Crippen LogP contribution in [0.4, 0.5) is 0 Å². The first-order chi connectivity index (χ1) is 15.4. The van der Waals surface area contributed by atoms with Crippen LogP contribution in [0.2, 0.25) is 0 Å². The third kappa shape index (κ3) is 4.91. The Kier molecular flexibility index (Phi) is 6.43. The van der Waals surface area contributed by atoms with Crippen molar-refractivity contribution in [2.24, 2.45) is 0 Å². The van der Waals surface area contributed by atoms with Crippen LogP contribution in [-0.2, 0) is 14.6 Å². The van der Waals surface area contributed by atoms with Crippen LogP contribution in [-0.4, -0.2) is 65.5 Å². The van der Waals surface area contributed by atoms with Crippen molar-refractivity contribution in [3.05, 3.63) is 59.6 Å². The van der Waals surface area contributed by atoms with Gasteiger partial charge in [-0.3, -0.25) is 9.59 Å². The van der Waals surface area contributed by atoms with Crippen molar-refractivity contribution in [2.45, 2.75) is 19.4 Å². The number of nitrogens with zero attached hydrogens (tertiary/aromatic N) is 3. The van der Waals surface area contributed by atoms with Crippen molar-refractivity contribution in [1.82, 2.24) is 20.0 Å². The molecule has 10 heteroatoms. The minimum Gasteiger partial charge on any atom is -0.351 e. The Morgan fingerprint density at radius 2 is 2.00 bits per heavy atom. The number of para-hydroxylation sites is 1. The first kappa shape index (κ1) is 22.2. The van der Waals surface area contributed by atoms with Gasteiger partial charge in [-0.25, -0.2) is 13.1 Å². The largest absolute Gasteiger partial charge is 0.351 e. The Labute approximate surface area is 190 Å². The molecule has 1 aliphatic rings. The molecule has 1 atom stereocenters. The lowest BCUT2D eigenvalue weighted by Gasteiger charge is -2.21. The number of rotatable bonds is 7. The molecule has 1 N–H and O–H groups in total. The summed E-state index contributed by atoms with van der Waals surface area (Å²) in [4.78, 5) is 28.3. The van der Waals surface area contributed by atoms with Crippen molar-refractivity contribution in [1.29, 1.82) is 0 Å². The Morgan fingerprint density at radius 3 is 2.62 bits per heavy atom. The number of hydrogen-bond donors (Lipinski definition) is 1. The van der Waals surface area contributed by atoms with Gasteiger partial charge in [-0.15, -0.1) is 11.3 Å². The molecule has 2 amide bonds. The summed E-state index contributed by atoms with van der Waals surface area (Å²) in [7, 11) is -3.09. The fourth-order valence-corrected chi connectivity index (χ4v) is 6.09. The summed E-state index contributed by atoms with van der Waals surface area (Å²) in [5.74, 6) is -0.634. The summed E-state index contributed by atoms with van der Waals surface area (Å²) in [6.07, 6.45) is 2.09. The van der Waals surface area contributed by atoms with Gasteiger partial charge in [-0.05, 0) is 36.9 Å². The molecule has 3 aromatic rings. The highest BCUT2D eigenvalue weighted by molar-refractivity contribution is 7.91. The molecule has 0 bridgehead atoms. The third-order valence-corrected chi connectivity index (χ3v) is 7.97.